The first-order chi connectivity index (χ1) is 13.2. The monoisotopic (exact) mass is 513 g/mol. The van der Waals surface area contributed by atoms with Crippen molar-refractivity contribution in [1.29, 1.82) is 0 Å². The number of hydrogen-bond acceptors (Lipinski definition) is 2. The Labute approximate surface area is 189 Å². The highest BCUT2D eigenvalue weighted by Gasteiger charge is 2.40. The van der Waals surface area contributed by atoms with E-state index in [0.29, 0.717) is 23.9 Å². The number of piperidine rings is 1. The van der Waals surface area contributed by atoms with Crippen LogP contribution in [0.2, 0.25) is 5.02 Å². The van der Waals surface area contributed by atoms with Crippen LogP contribution in [0.15, 0.2) is 48.0 Å². The first-order valence-corrected chi connectivity index (χ1v) is 10.3. The molecule has 1 saturated carbocycles. The van der Waals surface area contributed by atoms with Crippen LogP contribution in [-0.2, 0) is 0 Å². The van der Waals surface area contributed by atoms with Crippen LogP contribution < -0.4 is 5.32 Å². The molecule has 0 radical (unpaired) electrons. The summed E-state index contributed by atoms with van der Waals surface area (Å²) in [6, 6.07) is 9.11. The maximum absolute atomic E-state index is 6.16. The minimum Gasteiger partial charge on any atom is -0.353 e. The SMILES string of the molecule is CCN=C(NC1CC1c1cccc(Cl)c1)N1CCC(C)C(n2ccnc2)C1.I. The minimum absolute atomic E-state index is 0. The summed E-state index contributed by atoms with van der Waals surface area (Å²) < 4.78 is 2.24. The van der Waals surface area contributed by atoms with E-state index in [-0.39, 0.29) is 24.0 Å². The van der Waals surface area contributed by atoms with E-state index in [1.54, 1.807) is 0 Å². The number of aliphatic imine (C=N–C) groups is 1. The van der Waals surface area contributed by atoms with Crippen molar-refractivity contribution in [2.75, 3.05) is 19.6 Å². The molecule has 28 heavy (non-hydrogen) atoms. The molecule has 0 bridgehead atoms. The fraction of sp³-hybridized carbons (Fsp3) is 0.524. The van der Waals surface area contributed by atoms with E-state index in [1.165, 1.54) is 5.56 Å². The molecule has 1 aromatic carbocycles. The lowest BCUT2D eigenvalue weighted by molar-refractivity contribution is 0.188. The highest BCUT2D eigenvalue weighted by molar-refractivity contribution is 14.0. The topological polar surface area (TPSA) is 45.5 Å². The molecule has 5 nitrogen and oxygen atoms in total. The van der Waals surface area contributed by atoms with Crippen molar-refractivity contribution in [3.63, 3.8) is 0 Å². The quantitative estimate of drug-likeness (QED) is 0.370. The number of aromatic nitrogens is 2. The average Bonchev–Trinajstić information content (AvgIpc) is 3.22. The predicted molar refractivity (Wildman–Crippen MR) is 126 cm³/mol. The molecular weight excluding hydrogens is 485 g/mol. The lowest BCUT2D eigenvalue weighted by atomic mass is 9.93. The van der Waals surface area contributed by atoms with Gasteiger partial charge >= 0.3 is 0 Å². The van der Waals surface area contributed by atoms with Crippen LogP contribution in [-0.4, -0.2) is 46.1 Å². The van der Waals surface area contributed by atoms with E-state index in [4.69, 9.17) is 16.6 Å². The summed E-state index contributed by atoms with van der Waals surface area (Å²) in [6.45, 7) is 7.24. The predicted octanol–water partition coefficient (Wildman–Crippen LogP) is 4.56. The molecule has 2 aliphatic rings. The number of halogens is 2. The van der Waals surface area contributed by atoms with Gasteiger partial charge in [-0.05, 0) is 43.4 Å². The molecule has 2 heterocycles. The van der Waals surface area contributed by atoms with E-state index in [0.717, 1.165) is 43.5 Å². The average molecular weight is 514 g/mol. The maximum atomic E-state index is 6.16. The Morgan fingerprint density at radius 1 is 1.39 bits per heavy atom. The van der Waals surface area contributed by atoms with Crippen molar-refractivity contribution in [3.8, 4) is 0 Å². The van der Waals surface area contributed by atoms with Crippen molar-refractivity contribution >= 4 is 41.5 Å². The highest BCUT2D eigenvalue weighted by Crippen LogP contribution is 2.41. The van der Waals surface area contributed by atoms with Crippen molar-refractivity contribution in [2.24, 2.45) is 10.9 Å². The molecule has 152 valence electrons. The van der Waals surface area contributed by atoms with Crippen LogP contribution in [0, 0.1) is 5.92 Å². The van der Waals surface area contributed by atoms with Gasteiger partial charge in [0.25, 0.3) is 0 Å². The van der Waals surface area contributed by atoms with Crippen LogP contribution in [0.3, 0.4) is 0 Å². The zero-order chi connectivity index (χ0) is 18.8. The second kappa shape index (κ2) is 9.48. The second-order valence-electron chi connectivity index (χ2n) is 7.74. The largest absolute Gasteiger partial charge is 0.353 e. The van der Waals surface area contributed by atoms with E-state index >= 15 is 0 Å². The highest BCUT2D eigenvalue weighted by atomic mass is 127. The molecule has 2 aromatic rings. The molecule has 1 aliphatic heterocycles. The van der Waals surface area contributed by atoms with Gasteiger partial charge in [0, 0.05) is 49.0 Å². The Bertz CT molecular complexity index is 794. The summed E-state index contributed by atoms with van der Waals surface area (Å²) >= 11 is 6.16. The van der Waals surface area contributed by atoms with Gasteiger partial charge in [-0.2, -0.15) is 0 Å². The molecule has 1 saturated heterocycles. The van der Waals surface area contributed by atoms with E-state index in [9.17, 15) is 0 Å². The molecule has 4 rings (SSSR count). The van der Waals surface area contributed by atoms with Crippen molar-refractivity contribution in [1.82, 2.24) is 19.8 Å². The van der Waals surface area contributed by atoms with Gasteiger partial charge in [0.2, 0.25) is 0 Å². The Kier molecular flexibility index (Phi) is 7.25. The number of rotatable bonds is 4. The summed E-state index contributed by atoms with van der Waals surface area (Å²) in [7, 11) is 0. The lowest BCUT2D eigenvalue weighted by Gasteiger charge is -2.39. The van der Waals surface area contributed by atoms with Gasteiger partial charge in [0.1, 0.15) is 0 Å². The number of benzene rings is 1. The number of likely N-dealkylation sites (tertiary alicyclic amines) is 1. The standard InChI is InChI=1S/C21H28ClN5.HI/c1-3-24-21(25-19-12-18(19)16-5-4-6-17(22)11-16)26-9-7-15(2)20(13-26)27-10-8-23-14-27;/h4-6,8,10-11,14-15,18-20H,3,7,9,12-13H2,1-2H3,(H,24,25);1H. The van der Waals surface area contributed by atoms with Gasteiger partial charge in [-0.1, -0.05) is 30.7 Å². The summed E-state index contributed by atoms with van der Waals surface area (Å²) in [5, 5.41) is 4.53. The van der Waals surface area contributed by atoms with E-state index in [2.05, 4.69) is 51.9 Å². The first kappa shape index (κ1) is 21.4. The summed E-state index contributed by atoms with van der Waals surface area (Å²) in [4.78, 5) is 11.4. The second-order valence-corrected chi connectivity index (χ2v) is 8.17. The Morgan fingerprint density at radius 2 is 2.25 bits per heavy atom. The van der Waals surface area contributed by atoms with Crippen molar-refractivity contribution in [2.45, 2.75) is 44.7 Å². The zero-order valence-electron chi connectivity index (χ0n) is 16.5. The molecule has 1 aliphatic carbocycles. The molecule has 4 atom stereocenters. The number of hydrogen-bond donors (Lipinski definition) is 1. The third-order valence-electron chi connectivity index (χ3n) is 5.82. The van der Waals surface area contributed by atoms with Crippen molar-refractivity contribution in [3.05, 3.63) is 53.6 Å². The van der Waals surface area contributed by atoms with Crippen LogP contribution >= 0.6 is 35.6 Å². The van der Waals surface area contributed by atoms with Gasteiger partial charge < -0.3 is 14.8 Å². The molecule has 2 fully saturated rings. The summed E-state index contributed by atoms with van der Waals surface area (Å²) in [5.41, 5.74) is 1.32. The zero-order valence-corrected chi connectivity index (χ0v) is 19.5. The molecule has 1 aromatic heterocycles. The summed E-state index contributed by atoms with van der Waals surface area (Å²) in [6.07, 6.45) is 8.17. The fourth-order valence-corrected chi connectivity index (χ4v) is 4.31. The smallest absolute Gasteiger partial charge is 0.194 e. The molecule has 7 heteroatoms. The lowest BCUT2D eigenvalue weighted by Crippen LogP contribution is -2.49. The molecule has 4 unspecified atom stereocenters. The molecule has 0 amide bonds. The van der Waals surface area contributed by atoms with Crippen LogP contribution in [0.25, 0.3) is 0 Å². The number of nitrogens with one attached hydrogen (secondary N) is 1. The van der Waals surface area contributed by atoms with Gasteiger partial charge in [-0.25, -0.2) is 4.98 Å². The van der Waals surface area contributed by atoms with Gasteiger partial charge in [-0.3, -0.25) is 4.99 Å². The van der Waals surface area contributed by atoms with Crippen LogP contribution in [0.5, 0.6) is 0 Å². The van der Waals surface area contributed by atoms with Crippen molar-refractivity contribution < 1.29 is 0 Å². The van der Waals surface area contributed by atoms with Gasteiger partial charge in [-0.15, -0.1) is 24.0 Å². The third kappa shape index (κ3) is 4.82. The third-order valence-corrected chi connectivity index (χ3v) is 6.05. The minimum atomic E-state index is 0. The number of nitrogens with zero attached hydrogens (tertiary/aromatic N) is 4. The van der Waals surface area contributed by atoms with Crippen LogP contribution in [0.1, 0.15) is 44.2 Å². The fourth-order valence-electron chi connectivity index (χ4n) is 4.11. The molecule has 1 N–H and O–H groups in total. The normalized spacial score (nSPS) is 27.2. The maximum Gasteiger partial charge on any atom is 0.194 e. The summed E-state index contributed by atoms with van der Waals surface area (Å²) in [5.74, 6) is 2.21. The Morgan fingerprint density at radius 3 is 2.96 bits per heavy atom. The molecule has 0 spiro atoms. The Balaban J connectivity index is 0.00000225. The van der Waals surface area contributed by atoms with Crippen LogP contribution in [0.4, 0.5) is 0 Å². The number of guanidine groups is 1. The first-order valence-electron chi connectivity index (χ1n) is 9.94. The van der Waals surface area contributed by atoms with Gasteiger partial charge in [0.05, 0.1) is 12.4 Å². The molecular formula is C21H29ClIN5. The Hall–Kier alpha value is -1.28. The van der Waals surface area contributed by atoms with Gasteiger partial charge in [0.15, 0.2) is 5.96 Å². The number of imidazole rings is 1. The van der Waals surface area contributed by atoms with E-state index < -0.39 is 0 Å². The van der Waals surface area contributed by atoms with E-state index in [1.807, 2.05) is 24.7 Å².